The van der Waals surface area contributed by atoms with Crippen LogP contribution in [0.1, 0.15) is 54.9 Å². The molecule has 1 aliphatic rings. The standard InChI is InChI=1S/C23H39N3O4/c1-16(2)23(20(29)30,21(3,4)5)25(10)19(28)17-12-14-26(15-17)18(27)11-13-22(6,7)24(8)9/h16-17H,12,14-15H2,1-10H3,(H,29,30)/t17-,23-/m0/s1. The van der Waals surface area contributed by atoms with Gasteiger partial charge in [0.05, 0.1) is 11.5 Å². The highest BCUT2D eigenvalue weighted by Crippen LogP contribution is 2.42. The lowest BCUT2D eigenvalue weighted by atomic mass is 9.65. The molecule has 0 aromatic carbocycles. The molecule has 1 rings (SSSR count). The zero-order chi connectivity index (χ0) is 23.7. The Morgan fingerprint density at radius 2 is 1.60 bits per heavy atom. The molecule has 1 heterocycles. The van der Waals surface area contributed by atoms with Crippen LogP contribution in [0.5, 0.6) is 0 Å². The predicted molar refractivity (Wildman–Crippen MR) is 118 cm³/mol. The molecule has 7 heteroatoms. The van der Waals surface area contributed by atoms with Crippen molar-refractivity contribution in [3.63, 3.8) is 0 Å². The number of likely N-dealkylation sites (tertiary alicyclic amines) is 1. The van der Waals surface area contributed by atoms with Gasteiger partial charge in [-0.05, 0) is 51.6 Å². The van der Waals surface area contributed by atoms with Crippen LogP contribution in [0.25, 0.3) is 0 Å². The molecule has 0 bridgehead atoms. The molecule has 0 radical (unpaired) electrons. The Balaban J connectivity index is 3.05. The van der Waals surface area contributed by atoms with Gasteiger partial charge in [0, 0.05) is 20.1 Å². The molecule has 1 fully saturated rings. The van der Waals surface area contributed by atoms with Gasteiger partial charge in [0.2, 0.25) is 5.91 Å². The topological polar surface area (TPSA) is 81.2 Å². The van der Waals surface area contributed by atoms with E-state index >= 15 is 0 Å². The lowest BCUT2D eigenvalue weighted by Gasteiger charge is -2.50. The van der Waals surface area contributed by atoms with Gasteiger partial charge in [0.25, 0.3) is 5.91 Å². The summed E-state index contributed by atoms with van der Waals surface area (Å²) >= 11 is 0. The summed E-state index contributed by atoms with van der Waals surface area (Å²) in [4.78, 5) is 43.2. The number of carbonyl (C=O) groups excluding carboxylic acids is 2. The third-order valence-corrected chi connectivity index (χ3v) is 6.58. The SMILES string of the molecule is CC(C)[C@@](C(=O)O)(N(C)C(=O)[C@H]1CCN(C(=O)C#CC(C)(C)N(C)C)C1)C(C)(C)C. The first kappa shape index (κ1) is 26.0. The predicted octanol–water partition coefficient (Wildman–Crippen LogP) is 2.16. The lowest BCUT2D eigenvalue weighted by molar-refractivity contribution is -0.173. The fourth-order valence-electron chi connectivity index (χ4n) is 4.46. The summed E-state index contributed by atoms with van der Waals surface area (Å²) in [5, 5.41) is 10.1. The lowest BCUT2D eigenvalue weighted by Crippen LogP contribution is -2.66. The molecule has 0 aromatic rings. The number of carboxylic acid groups (broad SMARTS) is 1. The number of carbonyl (C=O) groups is 3. The van der Waals surface area contributed by atoms with Gasteiger partial charge in [0.15, 0.2) is 0 Å². The molecule has 7 nitrogen and oxygen atoms in total. The fraction of sp³-hybridized carbons (Fsp3) is 0.783. The van der Waals surface area contributed by atoms with E-state index in [0.717, 1.165) is 0 Å². The van der Waals surface area contributed by atoms with E-state index in [2.05, 4.69) is 11.8 Å². The number of hydrogen-bond donors (Lipinski definition) is 1. The van der Waals surface area contributed by atoms with Crippen molar-refractivity contribution in [3.8, 4) is 11.8 Å². The largest absolute Gasteiger partial charge is 0.479 e. The van der Waals surface area contributed by atoms with Crippen LogP contribution in [-0.2, 0) is 14.4 Å². The number of likely N-dealkylation sites (N-methyl/N-ethyl adjacent to an activating group) is 1. The smallest absolute Gasteiger partial charge is 0.330 e. The van der Waals surface area contributed by atoms with Crippen molar-refractivity contribution < 1.29 is 19.5 Å². The van der Waals surface area contributed by atoms with Gasteiger partial charge in [-0.2, -0.15) is 0 Å². The molecular weight excluding hydrogens is 382 g/mol. The second-order valence-electron chi connectivity index (χ2n) is 10.3. The third kappa shape index (κ3) is 4.80. The quantitative estimate of drug-likeness (QED) is 0.688. The van der Waals surface area contributed by atoms with Crippen molar-refractivity contribution in [2.75, 3.05) is 34.2 Å². The van der Waals surface area contributed by atoms with Crippen LogP contribution in [0, 0.1) is 29.1 Å². The molecule has 30 heavy (non-hydrogen) atoms. The second kappa shape index (κ2) is 8.97. The van der Waals surface area contributed by atoms with Crippen LogP contribution in [0.15, 0.2) is 0 Å². The number of amides is 2. The molecule has 0 aliphatic carbocycles. The Morgan fingerprint density at radius 1 is 1.07 bits per heavy atom. The fourth-order valence-corrected chi connectivity index (χ4v) is 4.46. The monoisotopic (exact) mass is 421 g/mol. The molecule has 0 aromatic heterocycles. The summed E-state index contributed by atoms with van der Waals surface area (Å²) in [7, 11) is 5.38. The van der Waals surface area contributed by atoms with Gasteiger partial charge in [-0.1, -0.05) is 40.5 Å². The average molecular weight is 422 g/mol. The maximum atomic E-state index is 13.3. The normalized spacial score (nSPS) is 19.3. The molecule has 1 N–H and O–H groups in total. The summed E-state index contributed by atoms with van der Waals surface area (Å²) in [6.45, 7) is 13.8. The molecular formula is C23H39N3O4. The molecule has 170 valence electrons. The summed E-state index contributed by atoms with van der Waals surface area (Å²) in [5.74, 6) is 3.42. The van der Waals surface area contributed by atoms with E-state index in [9.17, 15) is 19.5 Å². The van der Waals surface area contributed by atoms with E-state index in [1.54, 1.807) is 11.9 Å². The minimum absolute atomic E-state index is 0.238. The van der Waals surface area contributed by atoms with E-state index in [0.29, 0.717) is 13.0 Å². The summed E-state index contributed by atoms with van der Waals surface area (Å²) in [6, 6.07) is 0. The maximum Gasteiger partial charge on any atom is 0.330 e. The number of nitrogens with zero attached hydrogens (tertiary/aromatic N) is 3. The molecule has 0 spiro atoms. The van der Waals surface area contributed by atoms with Gasteiger partial charge < -0.3 is 14.9 Å². The Kier molecular flexibility index (Phi) is 7.76. The molecule has 1 saturated heterocycles. The number of aliphatic carboxylic acids is 1. The molecule has 2 atom stereocenters. The zero-order valence-electron chi connectivity index (χ0n) is 20.3. The van der Waals surface area contributed by atoms with Crippen LogP contribution in [0.4, 0.5) is 0 Å². The molecule has 0 saturated carbocycles. The first-order chi connectivity index (χ1) is 13.5. The van der Waals surface area contributed by atoms with E-state index in [-0.39, 0.29) is 24.3 Å². The highest BCUT2D eigenvalue weighted by Gasteiger charge is 2.56. The minimum atomic E-state index is -1.35. The van der Waals surface area contributed by atoms with Gasteiger partial charge >= 0.3 is 5.97 Å². The van der Waals surface area contributed by atoms with Crippen LogP contribution in [0.2, 0.25) is 0 Å². The van der Waals surface area contributed by atoms with Crippen LogP contribution >= 0.6 is 0 Å². The van der Waals surface area contributed by atoms with Crippen molar-refractivity contribution in [1.82, 2.24) is 14.7 Å². The number of rotatable bonds is 5. The first-order valence-electron chi connectivity index (χ1n) is 10.5. The van der Waals surface area contributed by atoms with Gasteiger partial charge in [-0.15, -0.1) is 0 Å². The average Bonchev–Trinajstić information content (AvgIpc) is 3.07. The maximum absolute atomic E-state index is 13.3. The van der Waals surface area contributed by atoms with Crippen molar-refractivity contribution >= 4 is 17.8 Å². The zero-order valence-corrected chi connectivity index (χ0v) is 20.3. The van der Waals surface area contributed by atoms with E-state index in [1.165, 1.54) is 4.90 Å². The minimum Gasteiger partial charge on any atom is -0.479 e. The number of carboxylic acids is 1. The van der Waals surface area contributed by atoms with E-state index in [4.69, 9.17) is 0 Å². The van der Waals surface area contributed by atoms with Crippen molar-refractivity contribution in [2.24, 2.45) is 17.3 Å². The Bertz CT molecular complexity index is 740. The highest BCUT2D eigenvalue weighted by molar-refractivity contribution is 5.95. The van der Waals surface area contributed by atoms with Crippen molar-refractivity contribution in [2.45, 2.75) is 66.0 Å². The highest BCUT2D eigenvalue weighted by atomic mass is 16.4. The Labute approximate surface area is 181 Å². The number of hydrogen-bond acceptors (Lipinski definition) is 4. The van der Waals surface area contributed by atoms with Gasteiger partial charge in [0.1, 0.15) is 5.54 Å². The van der Waals surface area contributed by atoms with Crippen LogP contribution < -0.4 is 0 Å². The van der Waals surface area contributed by atoms with E-state index < -0.39 is 28.4 Å². The van der Waals surface area contributed by atoms with Gasteiger partial charge in [-0.3, -0.25) is 14.5 Å². The van der Waals surface area contributed by atoms with Gasteiger partial charge in [-0.25, -0.2) is 4.79 Å². The summed E-state index contributed by atoms with van der Waals surface area (Å²) in [6.07, 6.45) is 0.506. The summed E-state index contributed by atoms with van der Waals surface area (Å²) in [5.41, 5.74) is -2.46. The van der Waals surface area contributed by atoms with Crippen molar-refractivity contribution in [1.29, 1.82) is 0 Å². The van der Waals surface area contributed by atoms with Crippen LogP contribution in [0.3, 0.4) is 0 Å². The Morgan fingerprint density at radius 3 is 2.00 bits per heavy atom. The summed E-state index contributed by atoms with van der Waals surface area (Å²) < 4.78 is 0. The van der Waals surface area contributed by atoms with Crippen LogP contribution in [-0.4, -0.2) is 82.9 Å². The van der Waals surface area contributed by atoms with E-state index in [1.807, 2.05) is 67.5 Å². The molecule has 0 unspecified atom stereocenters. The Hall–Kier alpha value is -2.07. The van der Waals surface area contributed by atoms with Crippen molar-refractivity contribution in [3.05, 3.63) is 0 Å². The second-order valence-corrected chi connectivity index (χ2v) is 10.3. The molecule has 1 aliphatic heterocycles. The first-order valence-corrected chi connectivity index (χ1v) is 10.5. The molecule has 2 amide bonds. The third-order valence-electron chi connectivity index (χ3n) is 6.58.